The average Bonchev–Trinajstić information content (AvgIpc) is 3.25. The molecule has 0 fully saturated rings. The van der Waals surface area contributed by atoms with Gasteiger partial charge in [0.25, 0.3) is 0 Å². The molecule has 1 atom stereocenters. The number of hydrogen-bond acceptors (Lipinski definition) is 4. The molecule has 6 nitrogen and oxygen atoms in total. The lowest BCUT2D eigenvalue weighted by molar-refractivity contribution is 0.248. The van der Waals surface area contributed by atoms with E-state index in [2.05, 4.69) is 55.8 Å². The number of amides is 2. The number of hydrogen-bond donors (Lipinski definition) is 2. The Morgan fingerprint density at radius 2 is 1.80 bits per heavy atom. The van der Waals surface area contributed by atoms with Crippen molar-refractivity contribution in [3.63, 3.8) is 0 Å². The number of anilines is 1. The number of carbonyl (C=O) groups is 1. The number of benzene rings is 3. The second-order valence-corrected chi connectivity index (χ2v) is 10.4. The molecule has 1 aromatic heterocycles. The lowest BCUT2D eigenvalue weighted by Gasteiger charge is -2.18. The van der Waals surface area contributed by atoms with Crippen LogP contribution in [0.5, 0.6) is 0 Å². The van der Waals surface area contributed by atoms with E-state index in [1.807, 2.05) is 73.0 Å². The maximum atomic E-state index is 12.7. The van der Waals surface area contributed by atoms with Crippen LogP contribution in [-0.2, 0) is 5.75 Å². The third-order valence-electron chi connectivity index (χ3n) is 5.55. The third kappa shape index (κ3) is 6.07. The molecule has 0 spiro atoms. The van der Waals surface area contributed by atoms with E-state index in [1.54, 1.807) is 11.8 Å². The van der Waals surface area contributed by atoms with Gasteiger partial charge in [-0.2, -0.15) is 0 Å². The highest BCUT2D eigenvalue weighted by Crippen LogP contribution is 2.31. The van der Waals surface area contributed by atoms with Crippen LogP contribution in [0, 0.1) is 13.8 Å². The van der Waals surface area contributed by atoms with Gasteiger partial charge in [0.15, 0.2) is 11.0 Å². The first kappa shape index (κ1) is 25.3. The number of carbonyl (C=O) groups excluding carboxylic acids is 1. The highest BCUT2D eigenvalue weighted by molar-refractivity contribution is 9.10. The van der Waals surface area contributed by atoms with Gasteiger partial charge in [0, 0.05) is 15.2 Å². The Kier molecular flexibility index (Phi) is 8.15. The minimum absolute atomic E-state index is 0.337. The van der Waals surface area contributed by atoms with Crippen molar-refractivity contribution in [1.82, 2.24) is 20.1 Å². The Bertz CT molecular complexity index is 1360. The summed E-state index contributed by atoms with van der Waals surface area (Å²) in [4.78, 5) is 12.7. The van der Waals surface area contributed by atoms with E-state index in [-0.39, 0.29) is 6.03 Å². The van der Waals surface area contributed by atoms with Gasteiger partial charge < -0.3 is 10.6 Å². The molecule has 180 valence electrons. The zero-order chi connectivity index (χ0) is 24.9. The molecule has 4 aromatic rings. The van der Waals surface area contributed by atoms with E-state index in [4.69, 9.17) is 11.6 Å². The molecule has 0 aliphatic heterocycles. The highest BCUT2D eigenvalue weighted by Gasteiger charge is 2.22. The molecule has 0 aliphatic rings. The number of thioether (sulfide) groups is 1. The number of aryl methyl sites for hydroxylation is 2. The molecule has 1 heterocycles. The Hall–Kier alpha value is -2.81. The van der Waals surface area contributed by atoms with Gasteiger partial charge in [-0.15, -0.1) is 10.2 Å². The van der Waals surface area contributed by atoms with Crippen molar-refractivity contribution in [3.05, 3.63) is 98.7 Å². The van der Waals surface area contributed by atoms with E-state index >= 15 is 0 Å². The van der Waals surface area contributed by atoms with Gasteiger partial charge >= 0.3 is 6.03 Å². The molecular formula is C26H25BrClN5OS. The fourth-order valence-electron chi connectivity index (χ4n) is 3.60. The fraction of sp³-hybridized carbons (Fsp3) is 0.192. The Morgan fingerprint density at radius 1 is 1.06 bits per heavy atom. The van der Waals surface area contributed by atoms with E-state index in [9.17, 15) is 4.79 Å². The summed E-state index contributed by atoms with van der Waals surface area (Å²) >= 11 is 11.4. The molecule has 9 heteroatoms. The first-order valence-electron chi connectivity index (χ1n) is 11.0. The maximum absolute atomic E-state index is 12.7. The number of halogens is 2. The van der Waals surface area contributed by atoms with E-state index in [0.29, 0.717) is 16.5 Å². The maximum Gasteiger partial charge on any atom is 0.319 e. The summed E-state index contributed by atoms with van der Waals surface area (Å²) in [5.41, 5.74) is 5.04. The van der Waals surface area contributed by atoms with Gasteiger partial charge in [0.2, 0.25) is 0 Å². The predicted octanol–water partition coefficient (Wildman–Crippen LogP) is 7.48. The predicted molar refractivity (Wildman–Crippen MR) is 147 cm³/mol. The normalized spacial score (nSPS) is 11.8. The van der Waals surface area contributed by atoms with Gasteiger partial charge in [-0.25, -0.2) is 4.79 Å². The molecule has 0 radical (unpaired) electrons. The molecule has 0 bridgehead atoms. The lowest BCUT2D eigenvalue weighted by Crippen LogP contribution is -2.32. The summed E-state index contributed by atoms with van der Waals surface area (Å²) in [7, 11) is 0. The van der Waals surface area contributed by atoms with Crippen LogP contribution in [0.25, 0.3) is 5.69 Å². The minimum Gasteiger partial charge on any atom is -0.328 e. The van der Waals surface area contributed by atoms with Crippen molar-refractivity contribution in [3.8, 4) is 5.69 Å². The molecule has 1 unspecified atom stereocenters. The van der Waals surface area contributed by atoms with Crippen LogP contribution in [0.4, 0.5) is 10.5 Å². The van der Waals surface area contributed by atoms with Crippen LogP contribution < -0.4 is 10.6 Å². The fourth-order valence-corrected chi connectivity index (χ4v) is 5.18. The minimum atomic E-state index is -0.420. The first-order chi connectivity index (χ1) is 16.8. The van der Waals surface area contributed by atoms with Crippen LogP contribution >= 0.6 is 39.3 Å². The molecule has 0 saturated carbocycles. The van der Waals surface area contributed by atoms with Gasteiger partial charge in [0.05, 0.1) is 17.4 Å². The molecule has 0 saturated heterocycles. The second kappa shape index (κ2) is 11.3. The monoisotopic (exact) mass is 569 g/mol. The topological polar surface area (TPSA) is 71.8 Å². The van der Waals surface area contributed by atoms with Crippen LogP contribution in [-0.4, -0.2) is 20.8 Å². The van der Waals surface area contributed by atoms with Crippen LogP contribution in [0.1, 0.15) is 35.5 Å². The summed E-state index contributed by atoms with van der Waals surface area (Å²) in [6.45, 7) is 6.00. The molecule has 2 amide bonds. The molecule has 35 heavy (non-hydrogen) atoms. The third-order valence-corrected chi connectivity index (χ3v) is 7.45. The van der Waals surface area contributed by atoms with Gasteiger partial charge in [-0.1, -0.05) is 65.8 Å². The number of nitrogens with zero attached hydrogens (tertiary/aromatic N) is 3. The summed E-state index contributed by atoms with van der Waals surface area (Å²) in [5.74, 6) is 1.36. The summed E-state index contributed by atoms with van der Waals surface area (Å²) in [5, 5.41) is 16.2. The number of aromatic nitrogens is 3. The van der Waals surface area contributed by atoms with E-state index in [1.165, 1.54) is 11.1 Å². The van der Waals surface area contributed by atoms with Crippen molar-refractivity contribution < 1.29 is 4.79 Å². The average molecular weight is 571 g/mol. The van der Waals surface area contributed by atoms with Crippen LogP contribution in [0.3, 0.4) is 0 Å². The highest BCUT2D eigenvalue weighted by atomic mass is 79.9. The second-order valence-electron chi connectivity index (χ2n) is 8.12. The van der Waals surface area contributed by atoms with Crippen molar-refractivity contribution in [1.29, 1.82) is 0 Å². The van der Waals surface area contributed by atoms with Crippen LogP contribution in [0.2, 0.25) is 5.02 Å². The molecule has 3 aromatic carbocycles. The molecule has 0 aliphatic carbocycles. The standard InChI is InChI=1S/C26H25BrClN5OS/c1-16-8-4-5-9-19(16)15-35-26-32-31-24(33(26)23-14-20(28)13-12-17(23)2)18(3)29-25(34)30-22-11-7-6-10-21(22)27/h4-14,18H,15H2,1-3H3,(H2,29,30,34). The zero-order valence-electron chi connectivity index (χ0n) is 19.5. The Morgan fingerprint density at radius 3 is 2.57 bits per heavy atom. The van der Waals surface area contributed by atoms with Gasteiger partial charge in [0.1, 0.15) is 0 Å². The quantitative estimate of drug-likeness (QED) is 0.226. The largest absolute Gasteiger partial charge is 0.328 e. The zero-order valence-corrected chi connectivity index (χ0v) is 22.7. The van der Waals surface area contributed by atoms with Crippen LogP contribution in [0.15, 0.2) is 76.4 Å². The SMILES string of the molecule is Cc1ccccc1CSc1nnc(C(C)NC(=O)Nc2ccccc2Br)n1-c1cc(Cl)ccc1C. The van der Waals surface area contributed by atoms with Crippen molar-refractivity contribution >= 4 is 51.0 Å². The van der Waals surface area contributed by atoms with Crippen molar-refractivity contribution in [2.24, 2.45) is 0 Å². The Balaban J connectivity index is 1.63. The first-order valence-corrected chi connectivity index (χ1v) is 13.2. The summed E-state index contributed by atoms with van der Waals surface area (Å²) in [6, 6.07) is 20.7. The molecule has 4 rings (SSSR count). The smallest absolute Gasteiger partial charge is 0.319 e. The number of urea groups is 1. The van der Waals surface area contributed by atoms with Crippen molar-refractivity contribution in [2.45, 2.75) is 37.7 Å². The number of rotatable bonds is 7. The molecular weight excluding hydrogens is 546 g/mol. The van der Waals surface area contributed by atoms with E-state index < -0.39 is 6.04 Å². The van der Waals surface area contributed by atoms with Gasteiger partial charge in [-0.3, -0.25) is 4.57 Å². The van der Waals surface area contributed by atoms with Gasteiger partial charge in [-0.05, 0) is 77.7 Å². The van der Waals surface area contributed by atoms with Crippen molar-refractivity contribution in [2.75, 3.05) is 5.32 Å². The number of para-hydroxylation sites is 1. The summed E-state index contributed by atoms with van der Waals surface area (Å²) in [6.07, 6.45) is 0. The summed E-state index contributed by atoms with van der Waals surface area (Å²) < 4.78 is 2.78. The Labute approximate surface area is 222 Å². The molecule has 2 N–H and O–H groups in total. The lowest BCUT2D eigenvalue weighted by atomic mass is 10.1. The number of nitrogens with one attached hydrogen (secondary N) is 2. The van der Waals surface area contributed by atoms with E-state index in [0.717, 1.165) is 26.6 Å².